The molecule has 1 aliphatic carbocycles. The minimum Gasteiger partial charge on any atom is -0.496 e. The van der Waals surface area contributed by atoms with Crippen molar-refractivity contribution in [2.24, 2.45) is 0 Å². The molecule has 0 saturated heterocycles. The molecule has 0 spiro atoms. The molecule has 0 bridgehead atoms. The van der Waals surface area contributed by atoms with Crippen molar-refractivity contribution in [3.8, 4) is 5.75 Å². The summed E-state index contributed by atoms with van der Waals surface area (Å²) < 4.78 is 10.5. The molecule has 2 atom stereocenters. The molecule has 146 valence electrons. The normalized spacial score (nSPS) is 20.8. The van der Waals surface area contributed by atoms with Crippen LogP contribution in [0.3, 0.4) is 0 Å². The lowest BCUT2D eigenvalue weighted by Crippen LogP contribution is -2.27. The van der Waals surface area contributed by atoms with Crippen LogP contribution in [0.15, 0.2) is 70.5 Å². The van der Waals surface area contributed by atoms with Gasteiger partial charge in [-0.2, -0.15) is 0 Å². The van der Waals surface area contributed by atoms with Crippen molar-refractivity contribution in [2.75, 3.05) is 17.7 Å². The Kier molecular flexibility index (Phi) is 4.27. The fourth-order valence-electron chi connectivity index (χ4n) is 4.20. The first-order valence-corrected chi connectivity index (χ1v) is 9.55. The molecule has 1 aromatic heterocycles. The molecule has 0 amide bonds. The number of para-hydroxylation sites is 1. The Balaban J connectivity index is 1.63. The zero-order valence-corrected chi connectivity index (χ0v) is 15.9. The molecule has 7 nitrogen and oxygen atoms in total. The number of anilines is 2. The lowest BCUT2D eigenvalue weighted by Gasteiger charge is -2.30. The van der Waals surface area contributed by atoms with E-state index in [1.54, 1.807) is 7.11 Å². The van der Waals surface area contributed by atoms with Crippen LogP contribution in [-0.2, 0) is 4.79 Å². The zero-order valence-electron chi connectivity index (χ0n) is 15.9. The van der Waals surface area contributed by atoms with Crippen molar-refractivity contribution >= 4 is 17.4 Å². The van der Waals surface area contributed by atoms with E-state index in [-0.39, 0.29) is 11.7 Å². The summed E-state index contributed by atoms with van der Waals surface area (Å²) in [6, 6.07) is 17.4. The third-order valence-electron chi connectivity index (χ3n) is 5.56. The van der Waals surface area contributed by atoms with Crippen LogP contribution in [0.5, 0.6) is 5.75 Å². The highest BCUT2D eigenvalue weighted by molar-refractivity contribution is 6.01. The topological polar surface area (TPSA) is 89.3 Å². The number of methoxy groups -OCH3 is 1. The highest BCUT2D eigenvalue weighted by Gasteiger charge is 2.38. The van der Waals surface area contributed by atoms with E-state index in [0.717, 1.165) is 16.8 Å². The quantitative estimate of drug-likeness (QED) is 0.699. The average molecular weight is 388 g/mol. The molecule has 2 aromatic carbocycles. The van der Waals surface area contributed by atoms with Gasteiger partial charge in [0.05, 0.1) is 13.2 Å². The van der Waals surface area contributed by atoms with Crippen LogP contribution in [-0.4, -0.2) is 23.2 Å². The summed E-state index contributed by atoms with van der Waals surface area (Å²) in [7, 11) is 1.63. The van der Waals surface area contributed by atoms with Gasteiger partial charge in [-0.3, -0.25) is 4.79 Å². The molecular formula is C22H20N4O3. The number of aromatic nitrogens is 2. The third-order valence-corrected chi connectivity index (χ3v) is 5.56. The minimum absolute atomic E-state index is 0.0955. The second-order valence-electron chi connectivity index (χ2n) is 7.24. The van der Waals surface area contributed by atoms with Gasteiger partial charge in [-0.1, -0.05) is 48.5 Å². The molecule has 0 saturated carbocycles. The molecule has 2 heterocycles. The summed E-state index contributed by atoms with van der Waals surface area (Å²) in [6.45, 7) is 0. The third kappa shape index (κ3) is 3.04. The van der Waals surface area contributed by atoms with Crippen molar-refractivity contribution in [1.29, 1.82) is 0 Å². The molecule has 0 fully saturated rings. The second-order valence-corrected chi connectivity index (χ2v) is 7.24. The first-order valence-electron chi connectivity index (χ1n) is 9.55. The monoisotopic (exact) mass is 388 g/mol. The number of hydrogen-bond acceptors (Lipinski definition) is 7. The number of nitrogens with zero attached hydrogens (tertiary/aromatic N) is 2. The van der Waals surface area contributed by atoms with Gasteiger partial charge in [0.15, 0.2) is 5.78 Å². The maximum absolute atomic E-state index is 13.4. The van der Waals surface area contributed by atoms with E-state index < -0.39 is 6.04 Å². The highest BCUT2D eigenvalue weighted by Crippen LogP contribution is 2.44. The van der Waals surface area contributed by atoms with Gasteiger partial charge in [0.25, 0.3) is 0 Å². The van der Waals surface area contributed by atoms with Crippen molar-refractivity contribution in [1.82, 2.24) is 10.3 Å². The number of carbonyl (C=O) groups is 1. The number of nitrogens with one attached hydrogen (secondary N) is 2. The van der Waals surface area contributed by atoms with Crippen molar-refractivity contribution < 1.29 is 14.2 Å². The number of carbonyl (C=O) groups excluding carboxylic acids is 1. The Morgan fingerprint density at radius 2 is 1.76 bits per heavy atom. The van der Waals surface area contributed by atoms with Crippen LogP contribution < -0.4 is 15.4 Å². The summed E-state index contributed by atoms with van der Waals surface area (Å²) in [5.74, 6) is 1.86. The van der Waals surface area contributed by atoms with Crippen molar-refractivity contribution in [3.05, 3.63) is 77.0 Å². The first-order chi connectivity index (χ1) is 14.2. The van der Waals surface area contributed by atoms with Crippen LogP contribution in [0.25, 0.3) is 0 Å². The Morgan fingerprint density at radius 3 is 2.59 bits per heavy atom. The predicted octanol–water partition coefficient (Wildman–Crippen LogP) is 4.06. The number of ketones is 1. The standard InChI is InChI=1S/C22H20N4O3/c1-28-18-10-6-5-9-15(18)20-19-16(23-21-22(24-20)26-29-25-21)11-14(12-17(19)27)13-7-3-2-4-8-13/h2-10,14,20H,11-12H2,1H3,(H,23,25)(H,24,26). The molecule has 1 aliphatic heterocycles. The molecule has 29 heavy (non-hydrogen) atoms. The van der Waals surface area contributed by atoms with E-state index in [4.69, 9.17) is 9.37 Å². The lowest BCUT2D eigenvalue weighted by atomic mass is 9.78. The molecule has 2 unspecified atom stereocenters. The Labute approximate surface area is 167 Å². The first kappa shape index (κ1) is 17.5. The Morgan fingerprint density at radius 1 is 1.00 bits per heavy atom. The molecule has 7 heteroatoms. The zero-order chi connectivity index (χ0) is 19.8. The van der Waals surface area contributed by atoms with Gasteiger partial charge >= 0.3 is 0 Å². The fourth-order valence-corrected chi connectivity index (χ4v) is 4.20. The lowest BCUT2D eigenvalue weighted by molar-refractivity contribution is -0.116. The largest absolute Gasteiger partial charge is 0.496 e. The fraction of sp³-hybridized carbons (Fsp3) is 0.227. The molecular weight excluding hydrogens is 368 g/mol. The van der Waals surface area contributed by atoms with Crippen LogP contribution in [0.2, 0.25) is 0 Å². The van der Waals surface area contributed by atoms with Gasteiger partial charge in [-0.05, 0) is 34.3 Å². The van der Waals surface area contributed by atoms with Crippen LogP contribution in [0.4, 0.5) is 11.6 Å². The summed E-state index contributed by atoms with van der Waals surface area (Å²) >= 11 is 0. The summed E-state index contributed by atoms with van der Waals surface area (Å²) in [4.78, 5) is 13.4. The second kappa shape index (κ2) is 7.09. The van der Waals surface area contributed by atoms with Crippen molar-refractivity contribution in [3.63, 3.8) is 0 Å². The van der Waals surface area contributed by atoms with E-state index in [0.29, 0.717) is 35.8 Å². The van der Waals surface area contributed by atoms with E-state index in [9.17, 15) is 4.79 Å². The van der Waals surface area contributed by atoms with Gasteiger partial charge in [0, 0.05) is 23.3 Å². The maximum Gasteiger partial charge on any atom is 0.219 e. The number of allylic oxidation sites excluding steroid dienone is 1. The van der Waals surface area contributed by atoms with Gasteiger partial charge in [-0.15, -0.1) is 0 Å². The highest BCUT2D eigenvalue weighted by atomic mass is 16.6. The van der Waals surface area contributed by atoms with Crippen LogP contribution in [0.1, 0.15) is 35.9 Å². The summed E-state index contributed by atoms with van der Waals surface area (Å²) in [6.07, 6.45) is 1.15. The molecule has 5 rings (SSSR count). The van der Waals surface area contributed by atoms with Gasteiger partial charge in [0.1, 0.15) is 5.75 Å². The van der Waals surface area contributed by atoms with E-state index >= 15 is 0 Å². The Hall–Kier alpha value is -3.61. The smallest absolute Gasteiger partial charge is 0.219 e. The van der Waals surface area contributed by atoms with Crippen LogP contribution in [0, 0.1) is 0 Å². The number of rotatable bonds is 3. The SMILES string of the molecule is COc1ccccc1C1Nc2nonc2NC2=C1C(=O)CC(c1ccccc1)C2. The molecule has 3 aromatic rings. The molecule has 0 radical (unpaired) electrons. The number of fused-ring (bicyclic) bond motifs is 1. The van der Waals surface area contributed by atoms with E-state index in [2.05, 4.69) is 33.1 Å². The van der Waals surface area contributed by atoms with Crippen molar-refractivity contribution in [2.45, 2.75) is 24.8 Å². The minimum atomic E-state index is -0.411. The number of benzene rings is 2. The van der Waals surface area contributed by atoms with E-state index in [1.165, 1.54) is 0 Å². The average Bonchev–Trinajstić information content (AvgIpc) is 3.13. The summed E-state index contributed by atoms with van der Waals surface area (Å²) in [5.41, 5.74) is 3.56. The number of ether oxygens (including phenoxy) is 1. The van der Waals surface area contributed by atoms with Gasteiger partial charge in [0.2, 0.25) is 11.6 Å². The maximum atomic E-state index is 13.4. The number of hydrogen-bond donors (Lipinski definition) is 2. The predicted molar refractivity (Wildman–Crippen MR) is 108 cm³/mol. The van der Waals surface area contributed by atoms with Gasteiger partial charge < -0.3 is 15.4 Å². The molecule has 2 aliphatic rings. The summed E-state index contributed by atoms with van der Waals surface area (Å²) in [5, 5.41) is 14.6. The van der Waals surface area contributed by atoms with Crippen LogP contribution >= 0.6 is 0 Å². The Bertz CT molecular complexity index is 1090. The van der Waals surface area contributed by atoms with Gasteiger partial charge in [-0.25, -0.2) is 4.63 Å². The number of Topliss-reactive ketones (excluding diaryl/α,β-unsaturated/α-hetero) is 1. The van der Waals surface area contributed by atoms with E-state index in [1.807, 2.05) is 42.5 Å². The molecule has 2 N–H and O–H groups in total.